The summed E-state index contributed by atoms with van der Waals surface area (Å²) in [7, 11) is 0. The number of aliphatic hydroxyl groups excluding tert-OH is 1. The molecule has 0 saturated heterocycles. The Morgan fingerprint density at radius 2 is 2.23 bits per heavy atom. The minimum absolute atomic E-state index is 0.0651. The highest BCUT2D eigenvalue weighted by Crippen LogP contribution is 2.30. The largest absolute Gasteiger partial charge is 0.390 e. The Kier molecular flexibility index (Phi) is 3.17. The van der Waals surface area contributed by atoms with Crippen LogP contribution in [0.5, 0.6) is 0 Å². The third-order valence-electron chi connectivity index (χ3n) is 1.80. The molecule has 0 atom stereocenters. The molecule has 13 heavy (non-hydrogen) atoms. The predicted octanol–water partition coefficient (Wildman–Crippen LogP) is 2.47. The number of hydrogen-bond donors (Lipinski definition) is 1. The summed E-state index contributed by atoms with van der Waals surface area (Å²) in [4.78, 5) is 3.72. The van der Waals surface area contributed by atoms with Gasteiger partial charge in [-0.25, -0.2) is 8.78 Å². The normalized spacial score (nSPS) is 10.9. The number of aromatic nitrogens is 1. The number of pyridine rings is 1. The molecule has 0 aromatic carbocycles. The van der Waals surface area contributed by atoms with Crippen molar-refractivity contribution in [3.05, 3.63) is 28.0 Å². The van der Waals surface area contributed by atoms with E-state index in [9.17, 15) is 8.78 Å². The van der Waals surface area contributed by atoms with Crippen molar-refractivity contribution in [3.63, 3.8) is 0 Å². The molecule has 0 aliphatic rings. The van der Waals surface area contributed by atoms with Gasteiger partial charge in [0, 0.05) is 11.8 Å². The summed E-state index contributed by atoms with van der Waals surface area (Å²) in [5.74, 6) is 0. The van der Waals surface area contributed by atoms with E-state index in [1.807, 2.05) is 0 Å². The topological polar surface area (TPSA) is 33.1 Å². The second-order valence-corrected chi connectivity index (χ2v) is 2.96. The first-order valence-corrected chi connectivity index (χ1v) is 3.98. The molecule has 5 heteroatoms. The van der Waals surface area contributed by atoms with Crippen LogP contribution in [0.25, 0.3) is 0 Å². The third kappa shape index (κ3) is 1.95. The zero-order valence-electron chi connectivity index (χ0n) is 6.89. The molecular weight excluding hydrogens is 200 g/mol. The van der Waals surface area contributed by atoms with Crippen LogP contribution in [-0.4, -0.2) is 10.1 Å². The zero-order chi connectivity index (χ0) is 10.0. The molecule has 0 bridgehead atoms. The van der Waals surface area contributed by atoms with Crippen molar-refractivity contribution in [2.75, 3.05) is 0 Å². The van der Waals surface area contributed by atoms with Crippen molar-refractivity contribution in [2.45, 2.75) is 20.0 Å². The summed E-state index contributed by atoms with van der Waals surface area (Å²) in [6, 6.07) is 0. The number of rotatable bonds is 2. The Balaban J connectivity index is 3.30. The molecule has 1 aromatic heterocycles. The van der Waals surface area contributed by atoms with Gasteiger partial charge in [0.25, 0.3) is 6.43 Å². The minimum Gasteiger partial charge on any atom is -0.390 e. The second-order valence-electron chi connectivity index (χ2n) is 2.55. The SMILES string of the molecule is Cc1c(CO)ncc(Cl)c1C(F)F. The van der Waals surface area contributed by atoms with Gasteiger partial charge >= 0.3 is 0 Å². The molecule has 0 amide bonds. The Bertz CT molecular complexity index is 317. The summed E-state index contributed by atoms with van der Waals surface area (Å²) < 4.78 is 24.8. The van der Waals surface area contributed by atoms with E-state index in [0.717, 1.165) is 6.20 Å². The van der Waals surface area contributed by atoms with Crippen molar-refractivity contribution < 1.29 is 13.9 Å². The number of alkyl halides is 2. The van der Waals surface area contributed by atoms with Gasteiger partial charge in [0.15, 0.2) is 0 Å². The van der Waals surface area contributed by atoms with Crippen molar-refractivity contribution in [3.8, 4) is 0 Å². The minimum atomic E-state index is -2.64. The van der Waals surface area contributed by atoms with Crippen LogP contribution in [0.3, 0.4) is 0 Å². The molecule has 0 aliphatic heterocycles. The van der Waals surface area contributed by atoms with Gasteiger partial charge in [-0.3, -0.25) is 4.98 Å². The number of hydrogen-bond acceptors (Lipinski definition) is 2. The van der Waals surface area contributed by atoms with Gasteiger partial charge in [-0.05, 0) is 12.5 Å². The van der Waals surface area contributed by atoms with Crippen molar-refractivity contribution in [1.82, 2.24) is 4.98 Å². The summed E-state index contributed by atoms with van der Waals surface area (Å²) in [6.45, 7) is 1.11. The van der Waals surface area contributed by atoms with Crippen molar-refractivity contribution in [2.24, 2.45) is 0 Å². The predicted molar refractivity (Wildman–Crippen MR) is 44.9 cm³/mol. The van der Waals surface area contributed by atoms with Crippen LogP contribution in [0.2, 0.25) is 5.02 Å². The second kappa shape index (κ2) is 3.98. The molecule has 72 valence electrons. The summed E-state index contributed by atoms with van der Waals surface area (Å²) >= 11 is 5.53. The van der Waals surface area contributed by atoms with E-state index < -0.39 is 6.43 Å². The Labute approximate surface area is 79.2 Å². The van der Waals surface area contributed by atoms with Gasteiger partial charge in [0.2, 0.25) is 0 Å². The molecule has 2 nitrogen and oxygen atoms in total. The molecular formula is C8H8ClF2NO. The lowest BCUT2D eigenvalue weighted by atomic mass is 10.1. The molecule has 0 spiro atoms. The van der Waals surface area contributed by atoms with Gasteiger partial charge in [0.05, 0.1) is 17.3 Å². The van der Waals surface area contributed by atoms with Gasteiger partial charge < -0.3 is 5.11 Å². The maximum atomic E-state index is 12.4. The maximum absolute atomic E-state index is 12.4. The Hall–Kier alpha value is -0.740. The zero-order valence-corrected chi connectivity index (χ0v) is 7.65. The molecule has 1 N–H and O–H groups in total. The lowest BCUT2D eigenvalue weighted by Crippen LogP contribution is -2.00. The Morgan fingerprint density at radius 3 is 2.69 bits per heavy atom. The number of halogens is 3. The summed E-state index contributed by atoms with van der Waals surface area (Å²) in [6.07, 6.45) is -1.51. The highest BCUT2D eigenvalue weighted by atomic mass is 35.5. The first-order valence-electron chi connectivity index (χ1n) is 3.60. The first-order chi connectivity index (χ1) is 6.07. The van der Waals surface area contributed by atoms with Gasteiger partial charge in [-0.1, -0.05) is 11.6 Å². The van der Waals surface area contributed by atoms with Crippen LogP contribution >= 0.6 is 11.6 Å². The molecule has 0 aliphatic carbocycles. The van der Waals surface area contributed by atoms with Gasteiger partial charge in [-0.15, -0.1) is 0 Å². The molecule has 0 fully saturated rings. The molecule has 0 unspecified atom stereocenters. The van der Waals surface area contributed by atoms with Crippen LogP contribution < -0.4 is 0 Å². The highest BCUT2D eigenvalue weighted by molar-refractivity contribution is 6.31. The fourth-order valence-electron chi connectivity index (χ4n) is 1.06. The number of nitrogens with zero attached hydrogens (tertiary/aromatic N) is 1. The van der Waals surface area contributed by atoms with Crippen LogP contribution in [0, 0.1) is 6.92 Å². The summed E-state index contributed by atoms with van der Waals surface area (Å²) in [5, 5.41) is 8.70. The van der Waals surface area contributed by atoms with E-state index in [1.54, 1.807) is 0 Å². The van der Waals surface area contributed by atoms with E-state index in [4.69, 9.17) is 16.7 Å². The highest BCUT2D eigenvalue weighted by Gasteiger charge is 2.17. The van der Waals surface area contributed by atoms with Crippen LogP contribution in [0.1, 0.15) is 23.2 Å². The Morgan fingerprint density at radius 1 is 1.62 bits per heavy atom. The fraction of sp³-hybridized carbons (Fsp3) is 0.375. The van der Waals surface area contributed by atoms with Crippen molar-refractivity contribution >= 4 is 11.6 Å². The smallest absolute Gasteiger partial charge is 0.265 e. The maximum Gasteiger partial charge on any atom is 0.265 e. The standard InChI is InChI=1S/C8H8ClF2NO/c1-4-6(3-13)12-2-5(9)7(4)8(10)11/h2,8,13H,3H2,1H3. The molecule has 1 rings (SSSR count). The monoisotopic (exact) mass is 207 g/mol. The van der Waals surface area contributed by atoms with Gasteiger partial charge in [0.1, 0.15) is 0 Å². The van der Waals surface area contributed by atoms with E-state index in [1.165, 1.54) is 6.92 Å². The first kappa shape index (κ1) is 10.3. The van der Waals surface area contributed by atoms with Crippen LogP contribution in [0.15, 0.2) is 6.20 Å². The fourth-order valence-corrected chi connectivity index (χ4v) is 1.34. The van der Waals surface area contributed by atoms with E-state index >= 15 is 0 Å². The van der Waals surface area contributed by atoms with E-state index in [0.29, 0.717) is 0 Å². The summed E-state index contributed by atoms with van der Waals surface area (Å²) in [5.41, 5.74) is 0.241. The molecule has 1 aromatic rings. The lowest BCUT2D eigenvalue weighted by Gasteiger charge is -2.09. The average molecular weight is 208 g/mol. The third-order valence-corrected chi connectivity index (χ3v) is 2.10. The van der Waals surface area contributed by atoms with Crippen LogP contribution in [-0.2, 0) is 6.61 Å². The van der Waals surface area contributed by atoms with E-state index in [2.05, 4.69) is 4.98 Å². The van der Waals surface area contributed by atoms with Crippen molar-refractivity contribution in [1.29, 1.82) is 0 Å². The molecule has 0 saturated carbocycles. The lowest BCUT2D eigenvalue weighted by molar-refractivity contribution is 0.150. The number of aliphatic hydroxyl groups is 1. The van der Waals surface area contributed by atoms with E-state index in [-0.39, 0.29) is 28.5 Å². The van der Waals surface area contributed by atoms with Crippen LogP contribution in [0.4, 0.5) is 8.78 Å². The average Bonchev–Trinajstić information content (AvgIpc) is 2.04. The van der Waals surface area contributed by atoms with Gasteiger partial charge in [-0.2, -0.15) is 0 Å². The molecule has 0 radical (unpaired) electrons. The quantitative estimate of drug-likeness (QED) is 0.808. The molecule has 1 heterocycles.